The Bertz CT molecular complexity index is 460. The summed E-state index contributed by atoms with van der Waals surface area (Å²) in [5, 5.41) is 3.52. The fraction of sp³-hybridized carbons (Fsp3) is 0.600. The number of ketones is 1. The van der Waals surface area contributed by atoms with Gasteiger partial charge in [-0.15, -0.1) is 0 Å². The fourth-order valence-electron chi connectivity index (χ4n) is 3.46. The van der Waals surface area contributed by atoms with Crippen molar-refractivity contribution in [3.63, 3.8) is 0 Å². The molecule has 1 saturated heterocycles. The first-order chi connectivity index (χ1) is 9.24. The number of Topliss-reactive ketones (excluding diaryl/α,β-unsaturated/α-hetero) is 1. The Morgan fingerprint density at radius 1 is 1.42 bits per heavy atom. The lowest BCUT2D eigenvalue weighted by Gasteiger charge is -2.24. The molecule has 0 radical (unpaired) electrons. The highest BCUT2D eigenvalue weighted by atomic mass is 16.1. The molecule has 2 heterocycles. The molecule has 1 aromatic heterocycles. The number of carbonyl (C=O) groups excluding carboxylic acids is 1. The minimum Gasteiger partial charge on any atom is -0.398 e. The van der Waals surface area contributed by atoms with Gasteiger partial charge in [0, 0.05) is 36.1 Å². The molecule has 3 atom stereocenters. The van der Waals surface area contributed by atoms with Crippen LogP contribution in [-0.2, 0) is 11.2 Å². The van der Waals surface area contributed by atoms with Crippen LogP contribution in [0.25, 0.3) is 0 Å². The Kier molecular flexibility index (Phi) is 3.51. The van der Waals surface area contributed by atoms with Gasteiger partial charge < -0.3 is 11.1 Å². The van der Waals surface area contributed by atoms with Crippen LogP contribution >= 0.6 is 0 Å². The standard InChI is InChI=1S/C15H21N3O/c16-12-5-6-17-9-11(12)8-15(19)14-7-10-3-1-2-4-13(10)18-14/h5-6,9-10,13-14,18H,1-4,7-8H2,(H2,16,17). The van der Waals surface area contributed by atoms with E-state index in [1.807, 2.05) is 0 Å². The summed E-state index contributed by atoms with van der Waals surface area (Å²) in [6.45, 7) is 0. The Labute approximate surface area is 113 Å². The molecule has 4 heteroatoms. The van der Waals surface area contributed by atoms with Gasteiger partial charge in [0.2, 0.25) is 0 Å². The summed E-state index contributed by atoms with van der Waals surface area (Å²) in [4.78, 5) is 16.4. The molecule has 102 valence electrons. The first-order valence-corrected chi connectivity index (χ1v) is 7.21. The maximum atomic E-state index is 12.4. The number of pyridine rings is 1. The number of hydrogen-bond acceptors (Lipinski definition) is 4. The van der Waals surface area contributed by atoms with Gasteiger partial charge in [0.25, 0.3) is 0 Å². The van der Waals surface area contributed by atoms with E-state index < -0.39 is 0 Å². The number of rotatable bonds is 3. The van der Waals surface area contributed by atoms with Crippen molar-refractivity contribution in [2.24, 2.45) is 5.92 Å². The highest BCUT2D eigenvalue weighted by Crippen LogP contribution is 2.33. The van der Waals surface area contributed by atoms with E-state index in [1.165, 1.54) is 25.7 Å². The molecule has 1 aliphatic heterocycles. The van der Waals surface area contributed by atoms with Crippen molar-refractivity contribution in [1.29, 1.82) is 0 Å². The van der Waals surface area contributed by atoms with Crippen molar-refractivity contribution >= 4 is 11.5 Å². The van der Waals surface area contributed by atoms with Crippen LogP contribution in [0, 0.1) is 5.92 Å². The molecule has 3 unspecified atom stereocenters. The predicted octanol–water partition coefficient (Wildman–Crippen LogP) is 1.70. The molecule has 19 heavy (non-hydrogen) atoms. The Hall–Kier alpha value is -1.42. The third-order valence-electron chi connectivity index (χ3n) is 4.56. The van der Waals surface area contributed by atoms with Crippen LogP contribution in [0.15, 0.2) is 18.5 Å². The zero-order valence-electron chi connectivity index (χ0n) is 11.1. The lowest BCUT2D eigenvalue weighted by molar-refractivity contribution is -0.120. The number of nitrogen functional groups attached to an aromatic ring is 1. The van der Waals surface area contributed by atoms with Gasteiger partial charge in [-0.3, -0.25) is 9.78 Å². The largest absolute Gasteiger partial charge is 0.398 e. The zero-order valence-corrected chi connectivity index (χ0v) is 11.1. The number of carbonyl (C=O) groups is 1. The van der Waals surface area contributed by atoms with Crippen molar-refractivity contribution in [2.45, 2.75) is 50.6 Å². The van der Waals surface area contributed by atoms with E-state index in [-0.39, 0.29) is 11.8 Å². The SMILES string of the molecule is Nc1ccncc1CC(=O)C1CC2CCCCC2N1. The summed E-state index contributed by atoms with van der Waals surface area (Å²) in [5.74, 6) is 0.961. The third-order valence-corrected chi connectivity index (χ3v) is 4.56. The van der Waals surface area contributed by atoms with E-state index in [1.54, 1.807) is 18.5 Å². The molecule has 0 amide bonds. The smallest absolute Gasteiger partial charge is 0.154 e. The summed E-state index contributed by atoms with van der Waals surface area (Å²) < 4.78 is 0. The Balaban J connectivity index is 1.64. The van der Waals surface area contributed by atoms with Crippen LogP contribution in [0.1, 0.15) is 37.7 Å². The first-order valence-electron chi connectivity index (χ1n) is 7.21. The van der Waals surface area contributed by atoms with E-state index in [0.717, 1.165) is 12.0 Å². The van der Waals surface area contributed by atoms with E-state index in [2.05, 4.69) is 10.3 Å². The fourth-order valence-corrected chi connectivity index (χ4v) is 3.46. The number of nitrogens with zero attached hydrogens (tertiary/aromatic N) is 1. The molecule has 0 bridgehead atoms. The average Bonchev–Trinajstić information content (AvgIpc) is 2.85. The zero-order chi connectivity index (χ0) is 13.2. The Morgan fingerprint density at radius 2 is 2.26 bits per heavy atom. The highest BCUT2D eigenvalue weighted by molar-refractivity contribution is 5.87. The summed E-state index contributed by atoms with van der Waals surface area (Å²) in [7, 11) is 0. The molecular formula is C15H21N3O. The summed E-state index contributed by atoms with van der Waals surface area (Å²) in [5.41, 5.74) is 7.39. The van der Waals surface area contributed by atoms with Crippen molar-refractivity contribution in [1.82, 2.24) is 10.3 Å². The maximum absolute atomic E-state index is 12.4. The van der Waals surface area contributed by atoms with Crippen molar-refractivity contribution in [3.05, 3.63) is 24.0 Å². The molecule has 1 saturated carbocycles. The van der Waals surface area contributed by atoms with Crippen LogP contribution in [0.5, 0.6) is 0 Å². The van der Waals surface area contributed by atoms with Crippen molar-refractivity contribution < 1.29 is 4.79 Å². The number of anilines is 1. The molecule has 4 nitrogen and oxygen atoms in total. The minimum atomic E-state index is 0.0210. The summed E-state index contributed by atoms with van der Waals surface area (Å²) >= 11 is 0. The summed E-state index contributed by atoms with van der Waals surface area (Å²) in [6.07, 6.45) is 9.88. The molecule has 1 aromatic rings. The van der Waals surface area contributed by atoms with Gasteiger partial charge >= 0.3 is 0 Å². The predicted molar refractivity (Wildman–Crippen MR) is 74.6 cm³/mol. The summed E-state index contributed by atoms with van der Waals surface area (Å²) in [6, 6.07) is 2.34. The molecule has 2 fully saturated rings. The number of fused-ring (bicyclic) bond motifs is 1. The van der Waals surface area contributed by atoms with Gasteiger partial charge in [-0.05, 0) is 31.2 Å². The van der Waals surface area contributed by atoms with Crippen molar-refractivity contribution in [2.75, 3.05) is 5.73 Å². The molecule has 3 rings (SSSR count). The number of nitrogens with one attached hydrogen (secondary N) is 1. The molecule has 2 aliphatic rings. The van der Waals surface area contributed by atoms with Crippen molar-refractivity contribution in [3.8, 4) is 0 Å². The molecule has 0 aromatic carbocycles. The second-order valence-corrected chi connectivity index (χ2v) is 5.82. The number of hydrogen-bond donors (Lipinski definition) is 2. The van der Waals surface area contributed by atoms with Gasteiger partial charge in [0.1, 0.15) is 0 Å². The van der Waals surface area contributed by atoms with Crippen LogP contribution in [0.4, 0.5) is 5.69 Å². The molecular weight excluding hydrogens is 238 g/mol. The van der Waals surface area contributed by atoms with Gasteiger partial charge in [-0.2, -0.15) is 0 Å². The van der Waals surface area contributed by atoms with Crippen LogP contribution in [-0.4, -0.2) is 22.9 Å². The third kappa shape index (κ3) is 2.63. The number of nitrogens with two attached hydrogens (primary N) is 1. The molecule has 1 aliphatic carbocycles. The van der Waals surface area contributed by atoms with Crippen LogP contribution < -0.4 is 11.1 Å². The normalized spacial score (nSPS) is 30.0. The maximum Gasteiger partial charge on any atom is 0.154 e. The molecule has 0 spiro atoms. The monoisotopic (exact) mass is 259 g/mol. The van der Waals surface area contributed by atoms with E-state index in [9.17, 15) is 4.79 Å². The lowest BCUT2D eigenvalue weighted by atomic mass is 9.84. The van der Waals surface area contributed by atoms with Crippen LogP contribution in [0.2, 0.25) is 0 Å². The van der Waals surface area contributed by atoms with E-state index in [4.69, 9.17) is 5.73 Å². The second kappa shape index (κ2) is 5.29. The Morgan fingerprint density at radius 3 is 3.05 bits per heavy atom. The van der Waals surface area contributed by atoms with E-state index in [0.29, 0.717) is 24.1 Å². The first kappa shape index (κ1) is 12.6. The average molecular weight is 259 g/mol. The molecule has 3 N–H and O–H groups in total. The van der Waals surface area contributed by atoms with Gasteiger partial charge in [-0.1, -0.05) is 12.8 Å². The number of aromatic nitrogens is 1. The lowest BCUT2D eigenvalue weighted by Crippen LogP contribution is -2.37. The van der Waals surface area contributed by atoms with Gasteiger partial charge in [0.15, 0.2) is 5.78 Å². The quantitative estimate of drug-likeness (QED) is 0.867. The van der Waals surface area contributed by atoms with E-state index >= 15 is 0 Å². The van der Waals surface area contributed by atoms with Crippen LogP contribution in [0.3, 0.4) is 0 Å². The van der Waals surface area contributed by atoms with Gasteiger partial charge in [0.05, 0.1) is 6.04 Å². The topological polar surface area (TPSA) is 68.0 Å². The highest BCUT2D eigenvalue weighted by Gasteiger charge is 2.37. The second-order valence-electron chi connectivity index (χ2n) is 5.82. The minimum absolute atomic E-state index is 0.0210. The van der Waals surface area contributed by atoms with Gasteiger partial charge in [-0.25, -0.2) is 0 Å².